The van der Waals surface area contributed by atoms with Gasteiger partial charge in [-0.2, -0.15) is 0 Å². The van der Waals surface area contributed by atoms with Gasteiger partial charge in [-0.15, -0.1) is 0 Å². The number of pyridine rings is 1. The van der Waals surface area contributed by atoms with E-state index in [9.17, 15) is 0 Å². The zero-order valence-corrected chi connectivity index (χ0v) is 12.0. The van der Waals surface area contributed by atoms with Crippen LogP contribution in [0.3, 0.4) is 0 Å². The van der Waals surface area contributed by atoms with E-state index in [0.29, 0.717) is 12.0 Å². The molecular weight excluding hydrogens is 266 g/mol. The molecule has 4 heteroatoms. The average Bonchev–Trinajstić information content (AvgIpc) is 2.14. The normalized spacial score (nSPS) is 11.2. The molecule has 0 unspecified atom stereocenters. The minimum atomic E-state index is 0.401. The second-order valence-corrected chi connectivity index (χ2v) is 5.62. The van der Waals surface area contributed by atoms with Crippen LogP contribution in [0.5, 0.6) is 0 Å². The number of nitrogens with two attached hydrogens (primary N) is 1. The van der Waals surface area contributed by atoms with Gasteiger partial charge in [0.25, 0.3) is 0 Å². The van der Waals surface area contributed by atoms with E-state index >= 15 is 0 Å². The zero-order valence-electron chi connectivity index (χ0n) is 10.4. The quantitative estimate of drug-likeness (QED) is 0.923. The summed E-state index contributed by atoms with van der Waals surface area (Å²) in [5, 5.41) is 0. The van der Waals surface area contributed by atoms with Crippen molar-refractivity contribution in [2.24, 2.45) is 5.92 Å². The number of nitrogen functional groups attached to an aromatic ring is 1. The second-order valence-electron chi connectivity index (χ2n) is 4.71. The van der Waals surface area contributed by atoms with Gasteiger partial charge in [-0.05, 0) is 41.8 Å². The molecule has 0 aliphatic carbocycles. The number of hydrogen-bond acceptors (Lipinski definition) is 3. The van der Waals surface area contributed by atoms with Gasteiger partial charge in [-0.1, -0.05) is 13.8 Å². The maximum atomic E-state index is 6.00. The highest BCUT2D eigenvalue weighted by Gasteiger charge is 2.16. The number of hydrogen-bond donors (Lipinski definition) is 1. The summed E-state index contributed by atoms with van der Waals surface area (Å²) in [6, 6.07) is 2.30. The Bertz CT molecular complexity index is 350. The van der Waals surface area contributed by atoms with Crippen LogP contribution in [0.1, 0.15) is 27.7 Å². The molecule has 0 saturated carbocycles. The van der Waals surface area contributed by atoms with E-state index in [2.05, 4.69) is 53.5 Å². The minimum Gasteiger partial charge on any atom is -0.396 e. The third-order valence-electron chi connectivity index (χ3n) is 2.32. The predicted octanol–water partition coefficient (Wildman–Crippen LogP) is 3.30. The highest BCUT2D eigenvalue weighted by atomic mass is 79.9. The Morgan fingerprint density at radius 3 is 2.44 bits per heavy atom. The third-order valence-corrected chi connectivity index (χ3v) is 2.75. The molecule has 0 aliphatic heterocycles. The van der Waals surface area contributed by atoms with Crippen molar-refractivity contribution in [1.82, 2.24) is 4.98 Å². The van der Waals surface area contributed by atoms with Gasteiger partial charge in [0.05, 0.1) is 5.69 Å². The van der Waals surface area contributed by atoms with E-state index in [1.54, 1.807) is 6.20 Å². The molecule has 0 fully saturated rings. The van der Waals surface area contributed by atoms with Gasteiger partial charge in [-0.25, -0.2) is 4.98 Å². The zero-order chi connectivity index (χ0) is 12.3. The highest BCUT2D eigenvalue weighted by Crippen LogP contribution is 2.25. The summed E-state index contributed by atoms with van der Waals surface area (Å²) in [4.78, 5) is 6.65. The van der Waals surface area contributed by atoms with Crippen molar-refractivity contribution >= 4 is 27.4 Å². The summed E-state index contributed by atoms with van der Waals surface area (Å²) in [6.45, 7) is 9.68. The Morgan fingerprint density at radius 2 is 2.00 bits per heavy atom. The Labute approximate surface area is 106 Å². The van der Waals surface area contributed by atoms with Crippen molar-refractivity contribution in [1.29, 1.82) is 0 Å². The van der Waals surface area contributed by atoms with Gasteiger partial charge in [0, 0.05) is 23.3 Å². The molecular formula is C12H20BrN3. The van der Waals surface area contributed by atoms with Gasteiger partial charge in [0.1, 0.15) is 0 Å². The lowest BCUT2D eigenvalue weighted by Crippen LogP contribution is -2.35. The number of nitrogens with zero attached hydrogens (tertiary/aromatic N) is 2. The van der Waals surface area contributed by atoms with Crippen molar-refractivity contribution in [3.05, 3.63) is 16.7 Å². The van der Waals surface area contributed by atoms with Crippen molar-refractivity contribution in [2.45, 2.75) is 33.7 Å². The second kappa shape index (κ2) is 5.53. The molecule has 0 aliphatic rings. The lowest BCUT2D eigenvalue weighted by molar-refractivity contribution is 0.567. The summed E-state index contributed by atoms with van der Waals surface area (Å²) in [5.74, 6) is 1.47. The average molecular weight is 286 g/mol. The van der Waals surface area contributed by atoms with E-state index in [1.807, 2.05) is 6.07 Å². The SMILES string of the molecule is CC(C)CN(c1ncc(Br)cc1N)C(C)C. The highest BCUT2D eigenvalue weighted by molar-refractivity contribution is 9.10. The molecule has 0 aromatic carbocycles. The van der Waals surface area contributed by atoms with Crippen molar-refractivity contribution < 1.29 is 0 Å². The van der Waals surface area contributed by atoms with Gasteiger partial charge in [0.15, 0.2) is 5.82 Å². The fourth-order valence-electron chi connectivity index (χ4n) is 1.62. The Kier molecular flexibility index (Phi) is 4.59. The van der Waals surface area contributed by atoms with Crippen LogP contribution >= 0.6 is 15.9 Å². The molecule has 90 valence electrons. The maximum absolute atomic E-state index is 6.00. The molecule has 0 amide bonds. The van der Waals surface area contributed by atoms with Crippen LogP contribution in [-0.2, 0) is 0 Å². The van der Waals surface area contributed by atoms with Gasteiger partial charge >= 0.3 is 0 Å². The lowest BCUT2D eigenvalue weighted by Gasteiger charge is -2.30. The Morgan fingerprint density at radius 1 is 1.38 bits per heavy atom. The molecule has 1 aromatic rings. The van der Waals surface area contributed by atoms with Crippen LogP contribution in [0.2, 0.25) is 0 Å². The standard InChI is InChI=1S/C12H20BrN3/c1-8(2)7-16(9(3)4)12-11(14)5-10(13)6-15-12/h5-6,8-9H,7,14H2,1-4H3. The summed E-state index contributed by atoms with van der Waals surface area (Å²) >= 11 is 3.37. The van der Waals surface area contributed by atoms with Gasteiger partial charge in [0.2, 0.25) is 0 Å². The third kappa shape index (κ3) is 3.37. The smallest absolute Gasteiger partial charge is 0.152 e. The predicted molar refractivity (Wildman–Crippen MR) is 73.7 cm³/mol. The number of halogens is 1. The molecule has 1 rings (SSSR count). The summed E-state index contributed by atoms with van der Waals surface area (Å²) < 4.78 is 0.919. The molecule has 0 radical (unpaired) electrons. The molecule has 0 spiro atoms. The van der Waals surface area contributed by atoms with Crippen molar-refractivity contribution in [3.63, 3.8) is 0 Å². The molecule has 3 nitrogen and oxygen atoms in total. The first-order chi connectivity index (χ1) is 7.41. The fraction of sp³-hybridized carbons (Fsp3) is 0.583. The van der Waals surface area contributed by atoms with Crippen LogP contribution in [-0.4, -0.2) is 17.6 Å². The van der Waals surface area contributed by atoms with Crippen LogP contribution < -0.4 is 10.6 Å². The molecule has 0 saturated heterocycles. The van der Waals surface area contributed by atoms with E-state index in [4.69, 9.17) is 5.73 Å². The maximum Gasteiger partial charge on any atom is 0.152 e. The lowest BCUT2D eigenvalue weighted by atomic mass is 10.1. The topological polar surface area (TPSA) is 42.2 Å². The van der Waals surface area contributed by atoms with Gasteiger partial charge in [-0.3, -0.25) is 0 Å². The largest absolute Gasteiger partial charge is 0.396 e. The van der Waals surface area contributed by atoms with Crippen molar-refractivity contribution in [3.8, 4) is 0 Å². The van der Waals surface area contributed by atoms with Crippen LogP contribution in [0.25, 0.3) is 0 Å². The van der Waals surface area contributed by atoms with E-state index in [1.165, 1.54) is 0 Å². The number of rotatable bonds is 4. The van der Waals surface area contributed by atoms with E-state index in [-0.39, 0.29) is 0 Å². The molecule has 0 atom stereocenters. The summed E-state index contributed by atoms with van der Waals surface area (Å²) in [7, 11) is 0. The monoisotopic (exact) mass is 285 g/mol. The number of anilines is 2. The molecule has 16 heavy (non-hydrogen) atoms. The molecule has 0 bridgehead atoms. The van der Waals surface area contributed by atoms with Crippen LogP contribution in [0.4, 0.5) is 11.5 Å². The van der Waals surface area contributed by atoms with Gasteiger partial charge < -0.3 is 10.6 Å². The van der Waals surface area contributed by atoms with Crippen LogP contribution in [0.15, 0.2) is 16.7 Å². The first-order valence-corrected chi connectivity index (χ1v) is 6.38. The van der Waals surface area contributed by atoms with E-state index in [0.717, 1.165) is 22.5 Å². The van der Waals surface area contributed by atoms with Crippen LogP contribution in [0, 0.1) is 5.92 Å². The van der Waals surface area contributed by atoms with E-state index < -0.39 is 0 Å². The summed E-state index contributed by atoms with van der Waals surface area (Å²) in [6.07, 6.45) is 1.79. The summed E-state index contributed by atoms with van der Waals surface area (Å²) in [5.41, 5.74) is 6.73. The minimum absolute atomic E-state index is 0.401. The first kappa shape index (κ1) is 13.3. The molecule has 1 heterocycles. The Hall–Kier alpha value is -0.770. The van der Waals surface area contributed by atoms with Crippen molar-refractivity contribution in [2.75, 3.05) is 17.2 Å². The first-order valence-electron chi connectivity index (χ1n) is 5.59. The number of aromatic nitrogens is 1. The molecule has 1 aromatic heterocycles. The fourth-order valence-corrected chi connectivity index (χ4v) is 1.97. The molecule has 2 N–H and O–H groups in total. The Balaban J connectivity index is 3.01.